The van der Waals surface area contributed by atoms with Crippen LogP contribution in [0.5, 0.6) is 0 Å². The van der Waals surface area contributed by atoms with Crippen LogP contribution in [0.3, 0.4) is 0 Å². The molecule has 0 amide bonds. The van der Waals surface area contributed by atoms with Gasteiger partial charge in [-0.25, -0.2) is 0 Å². The molecule has 68 valence electrons. The number of aromatic nitrogens is 1. The number of aliphatic hydroxyl groups excluding tert-OH is 1. The number of aliphatic hydroxyl groups is 1. The van der Waals surface area contributed by atoms with Gasteiger partial charge in [0.2, 0.25) is 0 Å². The normalized spacial score (nSPS) is 9.50. The van der Waals surface area contributed by atoms with Gasteiger partial charge < -0.3 is 5.11 Å². The summed E-state index contributed by atoms with van der Waals surface area (Å²) in [5, 5.41) is 9.63. The van der Waals surface area contributed by atoms with Gasteiger partial charge in [-0.3, -0.25) is 4.98 Å². The summed E-state index contributed by atoms with van der Waals surface area (Å²) in [6.07, 6.45) is 1.73. The first-order chi connectivity index (χ1) is 6.92. The Morgan fingerprint density at radius 2 is 2.07 bits per heavy atom. The average Bonchev–Trinajstić information content (AvgIpc) is 2.26. The van der Waals surface area contributed by atoms with Crippen LogP contribution in [-0.4, -0.2) is 16.7 Å². The Balaban J connectivity index is 2.65. The van der Waals surface area contributed by atoms with E-state index in [-0.39, 0.29) is 6.61 Å². The van der Waals surface area contributed by atoms with Crippen molar-refractivity contribution in [3.8, 4) is 11.8 Å². The van der Waals surface area contributed by atoms with Crippen molar-refractivity contribution in [1.82, 2.24) is 4.98 Å². The minimum Gasteiger partial charge on any atom is -0.384 e. The van der Waals surface area contributed by atoms with E-state index < -0.39 is 0 Å². The summed E-state index contributed by atoms with van der Waals surface area (Å²) in [6, 6.07) is 9.67. The Hall–Kier alpha value is -1.85. The van der Waals surface area contributed by atoms with Gasteiger partial charge in [0.15, 0.2) is 0 Å². The number of fused-ring (bicyclic) bond motifs is 1. The highest BCUT2D eigenvalue weighted by molar-refractivity contribution is 5.84. The monoisotopic (exact) mass is 183 g/mol. The standard InChI is InChI=1S/C12H9NO/c14-9-3-4-10-7-8-13-12-6-2-1-5-11(10)12/h1-2,5-8,14H,9H2. The molecule has 2 nitrogen and oxygen atoms in total. The highest BCUT2D eigenvalue weighted by Crippen LogP contribution is 2.14. The lowest BCUT2D eigenvalue weighted by atomic mass is 10.1. The minimum atomic E-state index is -0.114. The van der Waals surface area contributed by atoms with Crippen LogP contribution in [-0.2, 0) is 0 Å². The van der Waals surface area contributed by atoms with Gasteiger partial charge in [0.25, 0.3) is 0 Å². The Morgan fingerprint density at radius 1 is 1.21 bits per heavy atom. The first kappa shape index (κ1) is 8.74. The predicted octanol–water partition coefficient (Wildman–Crippen LogP) is 1.58. The fourth-order valence-electron chi connectivity index (χ4n) is 1.34. The summed E-state index contributed by atoms with van der Waals surface area (Å²) >= 11 is 0. The number of rotatable bonds is 0. The molecule has 1 aromatic carbocycles. The van der Waals surface area contributed by atoms with Crippen molar-refractivity contribution in [1.29, 1.82) is 0 Å². The zero-order valence-corrected chi connectivity index (χ0v) is 7.57. The van der Waals surface area contributed by atoms with Crippen LogP contribution in [0.1, 0.15) is 5.56 Å². The first-order valence-corrected chi connectivity index (χ1v) is 4.35. The molecule has 14 heavy (non-hydrogen) atoms. The zero-order valence-electron chi connectivity index (χ0n) is 7.57. The lowest BCUT2D eigenvalue weighted by molar-refractivity contribution is 0.350. The number of nitrogens with zero attached hydrogens (tertiary/aromatic N) is 1. The summed E-state index contributed by atoms with van der Waals surface area (Å²) in [4.78, 5) is 4.22. The van der Waals surface area contributed by atoms with Crippen molar-refractivity contribution in [3.05, 3.63) is 42.1 Å². The molecule has 1 N–H and O–H groups in total. The summed E-state index contributed by atoms with van der Waals surface area (Å²) in [5.41, 5.74) is 1.84. The van der Waals surface area contributed by atoms with Gasteiger partial charge in [-0.2, -0.15) is 0 Å². The van der Waals surface area contributed by atoms with Crippen LogP contribution in [0, 0.1) is 11.8 Å². The molecule has 2 aromatic rings. The second-order valence-electron chi connectivity index (χ2n) is 2.84. The number of pyridine rings is 1. The van der Waals surface area contributed by atoms with Crippen molar-refractivity contribution in [2.75, 3.05) is 6.61 Å². The van der Waals surface area contributed by atoms with Crippen LogP contribution in [0.25, 0.3) is 10.9 Å². The Kier molecular flexibility index (Phi) is 2.44. The second-order valence-corrected chi connectivity index (χ2v) is 2.84. The van der Waals surface area contributed by atoms with Crippen molar-refractivity contribution in [2.24, 2.45) is 0 Å². The summed E-state index contributed by atoms with van der Waals surface area (Å²) in [7, 11) is 0. The number of para-hydroxylation sites is 1. The van der Waals surface area contributed by atoms with E-state index in [1.54, 1.807) is 6.20 Å². The van der Waals surface area contributed by atoms with Crippen LogP contribution >= 0.6 is 0 Å². The third-order valence-electron chi connectivity index (χ3n) is 1.95. The number of hydrogen-bond donors (Lipinski definition) is 1. The van der Waals surface area contributed by atoms with Crippen molar-refractivity contribution < 1.29 is 5.11 Å². The highest BCUT2D eigenvalue weighted by Gasteiger charge is 1.96. The lowest BCUT2D eigenvalue weighted by Crippen LogP contribution is -1.83. The maximum Gasteiger partial charge on any atom is 0.104 e. The molecule has 0 bridgehead atoms. The van der Waals surface area contributed by atoms with Crippen molar-refractivity contribution in [2.45, 2.75) is 0 Å². The minimum absolute atomic E-state index is 0.114. The molecule has 0 aliphatic heterocycles. The van der Waals surface area contributed by atoms with E-state index in [0.717, 1.165) is 16.5 Å². The fourth-order valence-corrected chi connectivity index (χ4v) is 1.34. The maximum absolute atomic E-state index is 8.61. The predicted molar refractivity (Wildman–Crippen MR) is 55.7 cm³/mol. The molecular formula is C12H9NO. The van der Waals surface area contributed by atoms with Crippen LogP contribution in [0.2, 0.25) is 0 Å². The van der Waals surface area contributed by atoms with Gasteiger partial charge in [-0.15, -0.1) is 0 Å². The van der Waals surface area contributed by atoms with E-state index in [4.69, 9.17) is 5.11 Å². The van der Waals surface area contributed by atoms with E-state index in [1.165, 1.54) is 0 Å². The molecule has 1 heterocycles. The third-order valence-corrected chi connectivity index (χ3v) is 1.95. The van der Waals surface area contributed by atoms with Crippen molar-refractivity contribution >= 4 is 10.9 Å². The SMILES string of the molecule is OCC#Cc1ccnc2ccccc12. The van der Waals surface area contributed by atoms with E-state index in [1.807, 2.05) is 30.3 Å². The highest BCUT2D eigenvalue weighted by atomic mass is 16.2. The number of benzene rings is 1. The first-order valence-electron chi connectivity index (χ1n) is 4.35. The quantitative estimate of drug-likeness (QED) is 0.629. The molecular weight excluding hydrogens is 174 g/mol. The lowest BCUT2D eigenvalue weighted by Gasteiger charge is -1.97. The maximum atomic E-state index is 8.61. The number of hydrogen-bond acceptors (Lipinski definition) is 2. The molecule has 2 heteroatoms. The fraction of sp³-hybridized carbons (Fsp3) is 0.0833. The van der Waals surface area contributed by atoms with E-state index in [9.17, 15) is 0 Å². The van der Waals surface area contributed by atoms with E-state index in [0.29, 0.717) is 0 Å². The largest absolute Gasteiger partial charge is 0.384 e. The van der Waals surface area contributed by atoms with E-state index in [2.05, 4.69) is 16.8 Å². The van der Waals surface area contributed by atoms with E-state index >= 15 is 0 Å². The summed E-state index contributed by atoms with van der Waals surface area (Å²) in [6.45, 7) is -0.114. The summed E-state index contributed by atoms with van der Waals surface area (Å²) < 4.78 is 0. The Labute approximate surface area is 82.2 Å². The molecule has 0 saturated carbocycles. The molecule has 2 rings (SSSR count). The molecule has 0 saturated heterocycles. The van der Waals surface area contributed by atoms with Gasteiger partial charge in [0, 0.05) is 17.1 Å². The Morgan fingerprint density at radius 3 is 2.93 bits per heavy atom. The van der Waals surface area contributed by atoms with Gasteiger partial charge >= 0.3 is 0 Å². The molecule has 0 aliphatic rings. The van der Waals surface area contributed by atoms with Crippen LogP contribution in [0.15, 0.2) is 36.5 Å². The molecule has 0 atom stereocenters. The smallest absolute Gasteiger partial charge is 0.104 e. The second kappa shape index (κ2) is 3.91. The summed E-state index contributed by atoms with van der Waals surface area (Å²) in [5.74, 6) is 5.53. The third kappa shape index (κ3) is 1.59. The molecule has 0 unspecified atom stereocenters. The van der Waals surface area contributed by atoms with Crippen molar-refractivity contribution in [3.63, 3.8) is 0 Å². The van der Waals surface area contributed by atoms with Gasteiger partial charge in [-0.1, -0.05) is 30.0 Å². The molecule has 0 spiro atoms. The zero-order chi connectivity index (χ0) is 9.80. The molecule has 0 fully saturated rings. The van der Waals surface area contributed by atoms with Gasteiger partial charge in [0.05, 0.1) is 5.52 Å². The van der Waals surface area contributed by atoms with Gasteiger partial charge in [0.1, 0.15) is 6.61 Å². The molecule has 0 aliphatic carbocycles. The van der Waals surface area contributed by atoms with Gasteiger partial charge in [-0.05, 0) is 12.1 Å². The average molecular weight is 183 g/mol. The van der Waals surface area contributed by atoms with Crippen LogP contribution < -0.4 is 0 Å². The molecule has 1 aromatic heterocycles. The van der Waals surface area contributed by atoms with Crippen LogP contribution in [0.4, 0.5) is 0 Å². The molecule has 0 radical (unpaired) electrons. The topological polar surface area (TPSA) is 33.1 Å². The Bertz CT molecular complexity index is 503.